The molecule has 4 nitrogen and oxygen atoms in total. The Morgan fingerprint density at radius 2 is 0.470 bits per heavy atom. The standard InChI is InChI=1S/C62H42N4/c1-3-15-45-41-53(27-25-43(45)13-1)63(49-33-37-51(38-34-49)65-59-21-9-5-17-55(59)56-18-6-10-22-60(56)65)47-29-31-48(32-30-47)64(54-28-26-44-14-2-4-16-46(44)42-54)50-35-39-52(40-36-50)66-61-23-11-7-19-57(61)58-20-8-12-24-62(58)66/h1-42H. The van der Waals surface area contributed by atoms with E-state index >= 15 is 0 Å². The number of anilines is 6. The summed E-state index contributed by atoms with van der Waals surface area (Å²) in [6, 6.07) is 92.5. The van der Waals surface area contributed by atoms with Gasteiger partial charge in [-0.1, -0.05) is 133 Å². The molecule has 13 aromatic rings. The van der Waals surface area contributed by atoms with Crippen molar-refractivity contribution in [2.45, 2.75) is 0 Å². The van der Waals surface area contributed by atoms with Gasteiger partial charge in [0.1, 0.15) is 0 Å². The summed E-state index contributed by atoms with van der Waals surface area (Å²) < 4.78 is 4.75. The van der Waals surface area contributed by atoms with Crippen LogP contribution in [0.5, 0.6) is 0 Å². The van der Waals surface area contributed by atoms with Crippen molar-refractivity contribution < 1.29 is 0 Å². The van der Waals surface area contributed by atoms with Gasteiger partial charge in [0.25, 0.3) is 0 Å². The Bertz CT molecular complexity index is 3570. The second-order valence-corrected chi connectivity index (χ2v) is 17.0. The maximum atomic E-state index is 2.38. The second kappa shape index (κ2) is 15.4. The van der Waals surface area contributed by atoms with Crippen LogP contribution in [0.2, 0.25) is 0 Å². The number of hydrogen-bond acceptors (Lipinski definition) is 2. The highest BCUT2D eigenvalue weighted by Gasteiger charge is 2.19. The van der Waals surface area contributed by atoms with E-state index in [1.165, 1.54) is 65.2 Å². The summed E-state index contributed by atoms with van der Waals surface area (Å²) in [5.41, 5.74) is 13.5. The Morgan fingerprint density at radius 3 is 0.803 bits per heavy atom. The van der Waals surface area contributed by atoms with Crippen molar-refractivity contribution in [3.63, 3.8) is 0 Å². The first-order valence-corrected chi connectivity index (χ1v) is 22.6. The summed E-state index contributed by atoms with van der Waals surface area (Å²) in [4.78, 5) is 4.74. The van der Waals surface area contributed by atoms with Gasteiger partial charge in [-0.25, -0.2) is 0 Å². The maximum absolute atomic E-state index is 2.38. The summed E-state index contributed by atoms with van der Waals surface area (Å²) in [7, 11) is 0. The SMILES string of the molecule is c1ccc2cc(N(c3ccc(N(c4ccc(-n5c6ccccc6c6ccccc65)cc4)c4ccc5ccccc5c4)cc3)c3ccc(-n4c5ccccc5c5ccccc54)cc3)ccc2c1. The molecule has 2 heterocycles. The fourth-order valence-electron chi connectivity index (χ4n) is 10.2. The van der Waals surface area contributed by atoms with Crippen molar-refractivity contribution in [1.82, 2.24) is 9.13 Å². The molecule has 13 rings (SSSR count). The van der Waals surface area contributed by atoms with Crippen LogP contribution < -0.4 is 9.80 Å². The first-order chi connectivity index (χ1) is 32.7. The predicted molar refractivity (Wildman–Crippen MR) is 279 cm³/mol. The third kappa shape index (κ3) is 6.22. The summed E-state index contributed by atoms with van der Waals surface area (Å²) in [6.45, 7) is 0. The molecule has 0 N–H and O–H groups in total. The van der Waals surface area contributed by atoms with E-state index in [0.29, 0.717) is 0 Å². The minimum Gasteiger partial charge on any atom is -0.310 e. The van der Waals surface area contributed by atoms with E-state index in [9.17, 15) is 0 Å². The smallest absolute Gasteiger partial charge is 0.0541 e. The van der Waals surface area contributed by atoms with Crippen molar-refractivity contribution >= 4 is 99.3 Å². The maximum Gasteiger partial charge on any atom is 0.0541 e. The molecule has 0 aliphatic carbocycles. The number of hydrogen-bond donors (Lipinski definition) is 0. The summed E-state index contributed by atoms with van der Waals surface area (Å²) in [5, 5.41) is 9.86. The predicted octanol–water partition coefficient (Wildman–Crippen LogP) is 17.1. The Hall–Kier alpha value is -8.86. The van der Waals surface area contributed by atoms with E-state index in [4.69, 9.17) is 0 Å². The van der Waals surface area contributed by atoms with E-state index in [2.05, 4.69) is 274 Å². The first-order valence-electron chi connectivity index (χ1n) is 22.6. The lowest BCUT2D eigenvalue weighted by Crippen LogP contribution is -2.12. The Balaban J connectivity index is 0.921. The zero-order valence-corrected chi connectivity index (χ0v) is 36.0. The molecular weight excluding hydrogens is 801 g/mol. The third-order valence-electron chi connectivity index (χ3n) is 13.2. The first kappa shape index (κ1) is 37.7. The van der Waals surface area contributed by atoms with Crippen LogP contribution in [0, 0.1) is 0 Å². The topological polar surface area (TPSA) is 16.3 Å². The number of para-hydroxylation sites is 4. The molecule has 11 aromatic carbocycles. The Labute approximate surface area is 382 Å². The van der Waals surface area contributed by atoms with Gasteiger partial charge < -0.3 is 18.9 Å². The molecule has 0 amide bonds. The minimum atomic E-state index is 1.07. The van der Waals surface area contributed by atoms with Crippen LogP contribution in [0.4, 0.5) is 34.1 Å². The van der Waals surface area contributed by atoms with Crippen molar-refractivity contribution in [2.75, 3.05) is 9.80 Å². The van der Waals surface area contributed by atoms with E-state index in [1.54, 1.807) is 0 Å². The molecule has 0 spiro atoms. The fourth-order valence-corrected chi connectivity index (χ4v) is 10.2. The van der Waals surface area contributed by atoms with Crippen LogP contribution in [0.1, 0.15) is 0 Å². The molecule has 4 heteroatoms. The average molecular weight is 843 g/mol. The van der Waals surface area contributed by atoms with Gasteiger partial charge in [0.2, 0.25) is 0 Å². The number of nitrogens with zero attached hydrogens (tertiary/aromatic N) is 4. The van der Waals surface area contributed by atoms with Gasteiger partial charge in [-0.15, -0.1) is 0 Å². The molecule has 66 heavy (non-hydrogen) atoms. The fraction of sp³-hybridized carbons (Fsp3) is 0. The van der Waals surface area contributed by atoms with Gasteiger partial charge in [-0.2, -0.15) is 0 Å². The third-order valence-corrected chi connectivity index (χ3v) is 13.2. The number of rotatable bonds is 8. The van der Waals surface area contributed by atoms with Gasteiger partial charge >= 0.3 is 0 Å². The lowest BCUT2D eigenvalue weighted by molar-refractivity contribution is 1.17. The van der Waals surface area contributed by atoms with Crippen molar-refractivity contribution in [3.05, 3.63) is 255 Å². The van der Waals surface area contributed by atoms with Crippen molar-refractivity contribution in [1.29, 1.82) is 0 Å². The van der Waals surface area contributed by atoms with Crippen LogP contribution in [0.25, 0.3) is 76.5 Å². The zero-order chi connectivity index (χ0) is 43.6. The average Bonchev–Trinajstić information content (AvgIpc) is 3.90. The number of benzene rings is 11. The summed E-state index contributed by atoms with van der Waals surface area (Å²) in [6.07, 6.45) is 0. The van der Waals surface area contributed by atoms with Crippen LogP contribution >= 0.6 is 0 Å². The van der Waals surface area contributed by atoms with Crippen LogP contribution in [-0.2, 0) is 0 Å². The lowest BCUT2D eigenvalue weighted by Gasteiger charge is -2.29. The van der Waals surface area contributed by atoms with Crippen LogP contribution in [-0.4, -0.2) is 9.13 Å². The highest BCUT2D eigenvalue weighted by Crippen LogP contribution is 2.42. The molecular formula is C62H42N4. The molecule has 0 aliphatic rings. The molecule has 0 unspecified atom stereocenters. The molecule has 0 atom stereocenters. The van der Waals surface area contributed by atoms with E-state index < -0.39 is 0 Å². The summed E-state index contributed by atoms with van der Waals surface area (Å²) in [5.74, 6) is 0. The largest absolute Gasteiger partial charge is 0.310 e. The number of fused-ring (bicyclic) bond motifs is 8. The zero-order valence-electron chi connectivity index (χ0n) is 36.0. The molecule has 0 radical (unpaired) electrons. The lowest BCUT2D eigenvalue weighted by atomic mass is 10.1. The minimum absolute atomic E-state index is 1.07. The van der Waals surface area contributed by atoms with E-state index in [1.807, 2.05) is 0 Å². The highest BCUT2D eigenvalue weighted by molar-refractivity contribution is 6.10. The highest BCUT2D eigenvalue weighted by atomic mass is 15.2. The van der Waals surface area contributed by atoms with E-state index in [0.717, 1.165) is 45.5 Å². The molecule has 0 saturated carbocycles. The van der Waals surface area contributed by atoms with E-state index in [-0.39, 0.29) is 0 Å². The second-order valence-electron chi connectivity index (χ2n) is 17.0. The van der Waals surface area contributed by atoms with Gasteiger partial charge in [0.05, 0.1) is 22.1 Å². The molecule has 2 aromatic heterocycles. The molecule has 0 fully saturated rings. The van der Waals surface area contributed by atoms with Gasteiger partial charge in [0, 0.05) is 67.0 Å². The van der Waals surface area contributed by atoms with Crippen molar-refractivity contribution in [3.8, 4) is 11.4 Å². The van der Waals surface area contributed by atoms with Gasteiger partial charge in [0.15, 0.2) is 0 Å². The van der Waals surface area contributed by atoms with Gasteiger partial charge in [-0.05, 0) is 143 Å². The normalized spacial score (nSPS) is 11.6. The quantitative estimate of drug-likeness (QED) is 0.152. The number of aromatic nitrogens is 2. The van der Waals surface area contributed by atoms with Crippen LogP contribution in [0.15, 0.2) is 255 Å². The Kier molecular flexibility index (Phi) is 8.81. The molecule has 0 saturated heterocycles. The van der Waals surface area contributed by atoms with Gasteiger partial charge in [-0.3, -0.25) is 0 Å². The molecule has 0 bridgehead atoms. The Morgan fingerprint density at radius 1 is 0.212 bits per heavy atom. The van der Waals surface area contributed by atoms with Crippen molar-refractivity contribution in [2.24, 2.45) is 0 Å². The molecule has 0 aliphatic heterocycles. The van der Waals surface area contributed by atoms with Crippen LogP contribution in [0.3, 0.4) is 0 Å². The molecule has 310 valence electrons. The monoisotopic (exact) mass is 842 g/mol. The summed E-state index contributed by atoms with van der Waals surface area (Å²) >= 11 is 0.